The molecule has 1 heterocycles. The van der Waals surface area contributed by atoms with Gasteiger partial charge in [0.2, 0.25) is 0 Å². The summed E-state index contributed by atoms with van der Waals surface area (Å²) in [6, 6.07) is 9.10. The Morgan fingerprint density at radius 2 is 2.15 bits per heavy atom. The van der Waals surface area contributed by atoms with Crippen molar-refractivity contribution in [2.75, 3.05) is 19.9 Å². The highest BCUT2D eigenvalue weighted by Crippen LogP contribution is 2.26. The first-order valence-corrected chi connectivity index (χ1v) is 7.16. The fourth-order valence-electron chi connectivity index (χ4n) is 1.96. The topological polar surface area (TPSA) is 55.6 Å². The molecule has 1 aromatic carbocycles. The average Bonchev–Trinajstić information content (AvgIpc) is 2.98. The lowest BCUT2D eigenvalue weighted by Gasteiger charge is -2.24. The van der Waals surface area contributed by atoms with E-state index < -0.39 is 0 Å². The van der Waals surface area contributed by atoms with Gasteiger partial charge in [-0.1, -0.05) is 6.07 Å². The van der Waals surface area contributed by atoms with Crippen molar-refractivity contribution in [2.24, 2.45) is 0 Å². The highest BCUT2D eigenvalue weighted by atomic mass is 32.1. The Kier molecular flexibility index (Phi) is 4.29. The number of nitrogens with two attached hydrogens (primary N) is 1. The molecule has 1 aromatic heterocycles. The third kappa shape index (κ3) is 2.93. The van der Waals surface area contributed by atoms with Crippen LogP contribution in [0.25, 0.3) is 0 Å². The van der Waals surface area contributed by atoms with E-state index in [1.165, 1.54) is 0 Å². The zero-order chi connectivity index (χ0) is 14.7. The van der Waals surface area contributed by atoms with E-state index in [0.29, 0.717) is 17.0 Å². The summed E-state index contributed by atoms with van der Waals surface area (Å²) in [4.78, 5) is 15.4. The van der Waals surface area contributed by atoms with Gasteiger partial charge in [-0.15, -0.1) is 11.3 Å². The molecular formula is C15H18N2O2S. The number of anilines is 1. The molecule has 0 radical (unpaired) electrons. The first-order valence-electron chi connectivity index (χ1n) is 6.28. The van der Waals surface area contributed by atoms with Gasteiger partial charge < -0.3 is 15.4 Å². The molecule has 0 saturated carbocycles. The summed E-state index contributed by atoms with van der Waals surface area (Å²) in [7, 11) is 3.35. The standard InChI is InChI=1S/C15H18N2O2S/c1-10(14-5-4-6-20-14)17(2)15(18)11-7-12(16)9-13(8-11)19-3/h4-10H,16H2,1-3H3. The second-order valence-electron chi connectivity index (χ2n) is 4.60. The van der Waals surface area contributed by atoms with Crippen molar-refractivity contribution >= 4 is 22.9 Å². The first-order chi connectivity index (χ1) is 9.52. The number of nitrogen functional groups attached to an aromatic ring is 1. The van der Waals surface area contributed by atoms with E-state index in [1.807, 2.05) is 24.4 Å². The molecule has 1 atom stereocenters. The van der Waals surface area contributed by atoms with Gasteiger partial charge in [-0.3, -0.25) is 4.79 Å². The molecular weight excluding hydrogens is 272 g/mol. The second kappa shape index (κ2) is 5.96. The number of benzene rings is 1. The van der Waals surface area contributed by atoms with Crippen LogP contribution in [0.4, 0.5) is 5.69 Å². The van der Waals surface area contributed by atoms with Crippen molar-refractivity contribution in [1.29, 1.82) is 0 Å². The van der Waals surface area contributed by atoms with Gasteiger partial charge in [0.15, 0.2) is 0 Å². The third-order valence-corrected chi connectivity index (χ3v) is 4.31. The van der Waals surface area contributed by atoms with Crippen LogP contribution in [-0.2, 0) is 0 Å². The number of ether oxygens (including phenoxy) is 1. The van der Waals surface area contributed by atoms with Crippen molar-refractivity contribution in [3.8, 4) is 5.75 Å². The number of hydrogen-bond acceptors (Lipinski definition) is 4. The smallest absolute Gasteiger partial charge is 0.254 e. The SMILES string of the molecule is COc1cc(N)cc(C(=O)N(C)C(C)c2cccs2)c1. The van der Waals surface area contributed by atoms with E-state index >= 15 is 0 Å². The lowest BCUT2D eigenvalue weighted by molar-refractivity contribution is 0.0744. The highest BCUT2D eigenvalue weighted by Gasteiger charge is 2.20. The van der Waals surface area contributed by atoms with Crippen LogP contribution in [-0.4, -0.2) is 25.0 Å². The molecule has 2 N–H and O–H groups in total. The minimum Gasteiger partial charge on any atom is -0.497 e. The van der Waals surface area contributed by atoms with E-state index in [0.717, 1.165) is 4.88 Å². The van der Waals surface area contributed by atoms with Crippen molar-refractivity contribution in [3.05, 3.63) is 46.2 Å². The third-order valence-electron chi connectivity index (χ3n) is 3.27. The zero-order valence-corrected chi connectivity index (χ0v) is 12.6. The Labute approximate surface area is 122 Å². The van der Waals surface area contributed by atoms with Gasteiger partial charge in [0.1, 0.15) is 5.75 Å². The largest absolute Gasteiger partial charge is 0.497 e. The molecule has 4 nitrogen and oxygen atoms in total. The molecule has 0 bridgehead atoms. The summed E-state index contributed by atoms with van der Waals surface area (Å²) in [6.45, 7) is 2.01. The molecule has 106 valence electrons. The van der Waals surface area contributed by atoms with Crippen molar-refractivity contribution in [2.45, 2.75) is 13.0 Å². The monoisotopic (exact) mass is 290 g/mol. The zero-order valence-electron chi connectivity index (χ0n) is 11.8. The maximum atomic E-state index is 12.5. The van der Waals surface area contributed by atoms with Crippen LogP contribution in [0.2, 0.25) is 0 Å². The molecule has 5 heteroatoms. The maximum absolute atomic E-state index is 12.5. The van der Waals surface area contributed by atoms with Gasteiger partial charge in [0.25, 0.3) is 5.91 Å². The van der Waals surface area contributed by atoms with Crippen molar-refractivity contribution in [1.82, 2.24) is 4.90 Å². The Morgan fingerprint density at radius 1 is 1.40 bits per heavy atom. The molecule has 0 fully saturated rings. The number of thiophene rings is 1. The van der Waals surface area contributed by atoms with Crippen LogP contribution < -0.4 is 10.5 Å². The normalized spacial score (nSPS) is 11.9. The fraction of sp³-hybridized carbons (Fsp3) is 0.267. The molecule has 0 aliphatic rings. The fourth-order valence-corrected chi connectivity index (χ4v) is 2.79. The summed E-state index contributed by atoms with van der Waals surface area (Å²) in [5.41, 5.74) is 6.85. The van der Waals surface area contributed by atoms with Gasteiger partial charge >= 0.3 is 0 Å². The van der Waals surface area contributed by atoms with E-state index in [1.54, 1.807) is 48.6 Å². The average molecular weight is 290 g/mol. The minimum atomic E-state index is -0.0727. The predicted molar refractivity (Wildman–Crippen MR) is 82.2 cm³/mol. The number of amides is 1. The number of carbonyl (C=O) groups excluding carboxylic acids is 1. The van der Waals surface area contributed by atoms with Crippen LogP contribution in [0, 0.1) is 0 Å². The number of carbonyl (C=O) groups is 1. The van der Waals surface area contributed by atoms with Crippen molar-refractivity contribution < 1.29 is 9.53 Å². The number of methoxy groups -OCH3 is 1. The lowest BCUT2D eigenvalue weighted by atomic mass is 10.1. The maximum Gasteiger partial charge on any atom is 0.254 e. The summed E-state index contributed by atoms with van der Waals surface area (Å²) in [5.74, 6) is 0.516. The van der Waals surface area contributed by atoms with E-state index in [4.69, 9.17) is 10.5 Å². The predicted octanol–water partition coefficient (Wildman–Crippen LogP) is 3.17. The van der Waals surface area contributed by atoms with Crippen LogP contribution in [0.1, 0.15) is 28.2 Å². The molecule has 0 spiro atoms. The first kappa shape index (κ1) is 14.4. The van der Waals surface area contributed by atoms with E-state index in [2.05, 4.69) is 0 Å². The summed E-state index contributed by atoms with van der Waals surface area (Å²) in [6.07, 6.45) is 0. The van der Waals surface area contributed by atoms with Crippen LogP contribution in [0.3, 0.4) is 0 Å². The Balaban J connectivity index is 2.24. The van der Waals surface area contributed by atoms with Crippen LogP contribution in [0.5, 0.6) is 5.75 Å². The molecule has 1 amide bonds. The van der Waals surface area contributed by atoms with E-state index in [-0.39, 0.29) is 11.9 Å². The van der Waals surface area contributed by atoms with Crippen molar-refractivity contribution in [3.63, 3.8) is 0 Å². The Morgan fingerprint density at radius 3 is 2.75 bits per heavy atom. The van der Waals surface area contributed by atoms with Crippen LogP contribution >= 0.6 is 11.3 Å². The Bertz CT molecular complexity index is 596. The summed E-state index contributed by atoms with van der Waals surface area (Å²) in [5, 5.41) is 2.01. The molecule has 1 unspecified atom stereocenters. The van der Waals surface area contributed by atoms with Gasteiger partial charge in [0.05, 0.1) is 13.2 Å². The number of hydrogen-bond donors (Lipinski definition) is 1. The number of nitrogens with zero attached hydrogens (tertiary/aromatic N) is 1. The molecule has 2 aromatic rings. The molecule has 0 aliphatic carbocycles. The van der Waals surface area contributed by atoms with Gasteiger partial charge in [-0.2, -0.15) is 0 Å². The summed E-state index contributed by atoms with van der Waals surface area (Å²) < 4.78 is 5.15. The molecule has 2 rings (SSSR count). The van der Waals surface area contributed by atoms with Crippen LogP contribution in [0.15, 0.2) is 35.7 Å². The quantitative estimate of drug-likeness (QED) is 0.880. The lowest BCUT2D eigenvalue weighted by Crippen LogP contribution is -2.29. The minimum absolute atomic E-state index is 0.0231. The second-order valence-corrected chi connectivity index (χ2v) is 5.58. The molecule has 0 aliphatic heterocycles. The van der Waals surface area contributed by atoms with E-state index in [9.17, 15) is 4.79 Å². The number of rotatable bonds is 4. The van der Waals surface area contributed by atoms with Gasteiger partial charge in [-0.25, -0.2) is 0 Å². The highest BCUT2D eigenvalue weighted by molar-refractivity contribution is 7.10. The molecule has 20 heavy (non-hydrogen) atoms. The molecule has 0 saturated heterocycles. The van der Waals surface area contributed by atoms with Gasteiger partial charge in [0, 0.05) is 29.2 Å². The van der Waals surface area contributed by atoms with Gasteiger partial charge in [-0.05, 0) is 30.5 Å². The Hall–Kier alpha value is -2.01. The summed E-state index contributed by atoms with van der Waals surface area (Å²) >= 11 is 1.64.